The van der Waals surface area contributed by atoms with Gasteiger partial charge in [0.05, 0.1) is 18.3 Å². The van der Waals surface area contributed by atoms with Crippen molar-refractivity contribution >= 4 is 0 Å². The quantitative estimate of drug-likeness (QED) is 0.742. The first-order valence-corrected chi connectivity index (χ1v) is 7.78. The SMILES string of the molecule is NC(CCOc1ccc(-c2ccccc2)cc1)c1ccccn1. The van der Waals surface area contributed by atoms with Gasteiger partial charge in [-0.15, -0.1) is 0 Å². The maximum atomic E-state index is 6.12. The zero-order valence-electron chi connectivity index (χ0n) is 12.9. The van der Waals surface area contributed by atoms with E-state index < -0.39 is 0 Å². The predicted molar refractivity (Wildman–Crippen MR) is 93.2 cm³/mol. The molecule has 0 saturated carbocycles. The minimum Gasteiger partial charge on any atom is -0.494 e. The van der Waals surface area contributed by atoms with Crippen LogP contribution in [0.25, 0.3) is 11.1 Å². The highest BCUT2D eigenvalue weighted by Crippen LogP contribution is 2.22. The summed E-state index contributed by atoms with van der Waals surface area (Å²) in [4.78, 5) is 4.27. The van der Waals surface area contributed by atoms with Crippen LogP contribution in [0.5, 0.6) is 5.75 Å². The van der Waals surface area contributed by atoms with Gasteiger partial charge in [-0.2, -0.15) is 0 Å². The number of nitrogens with two attached hydrogens (primary N) is 1. The summed E-state index contributed by atoms with van der Waals surface area (Å²) in [6.07, 6.45) is 2.50. The van der Waals surface area contributed by atoms with E-state index in [9.17, 15) is 0 Å². The standard InChI is InChI=1S/C20H20N2O/c21-19(20-8-4-5-14-22-20)13-15-23-18-11-9-17(10-12-18)16-6-2-1-3-7-16/h1-12,14,19H,13,15,21H2. The van der Waals surface area contributed by atoms with Gasteiger partial charge in [0.1, 0.15) is 5.75 Å². The summed E-state index contributed by atoms with van der Waals surface area (Å²) in [7, 11) is 0. The second kappa shape index (κ2) is 7.56. The summed E-state index contributed by atoms with van der Waals surface area (Å²) in [6.45, 7) is 0.572. The zero-order valence-corrected chi connectivity index (χ0v) is 12.9. The van der Waals surface area contributed by atoms with Crippen LogP contribution in [-0.2, 0) is 0 Å². The lowest BCUT2D eigenvalue weighted by Gasteiger charge is -2.12. The highest BCUT2D eigenvalue weighted by Gasteiger charge is 2.07. The lowest BCUT2D eigenvalue weighted by molar-refractivity contribution is 0.297. The van der Waals surface area contributed by atoms with Crippen molar-refractivity contribution in [2.45, 2.75) is 12.5 Å². The molecule has 1 heterocycles. The highest BCUT2D eigenvalue weighted by molar-refractivity contribution is 5.63. The number of pyridine rings is 1. The molecule has 0 spiro atoms. The molecule has 0 fully saturated rings. The van der Waals surface area contributed by atoms with Crippen molar-refractivity contribution in [2.75, 3.05) is 6.61 Å². The van der Waals surface area contributed by atoms with Crippen LogP contribution in [0.4, 0.5) is 0 Å². The number of hydrogen-bond donors (Lipinski definition) is 1. The van der Waals surface area contributed by atoms with Crippen LogP contribution in [0.2, 0.25) is 0 Å². The minimum absolute atomic E-state index is 0.0974. The van der Waals surface area contributed by atoms with Crippen LogP contribution in [0.3, 0.4) is 0 Å². The lowest BCUT2D eigenvalue weighted by Crippen LogP contribution is -2.15. The zero-order chi connectivity index (χ0) is 15.9. The van der Waals surface area contributed by atoms with Crippen LogP contribution >= 0.6 is 0 Å². The van der Waals surface area contributed by atoms with Crippen molar-refractivity contribution in [1.29, 1.82) is 0 Å². The maximum absolute atomic E-state index is 6.12. The summed E-state index contributed by atoms with van der Waals surface area (Å²) in [6, 6.07) is 24.1. The molecule has 1 aromatic heterocycles. The van der Waals surface area contributed by atoms with Gasteiger partial charge < -0.3 is 10.5 Å². The molecule has 3 aromatic rings. The first kappa shape index (κ1) is 15.3. The fraction of sp³-hybridized carbons (Fsp3) is 0.150. The number of rotatable bonds is 6. The van der Waals surface area contributed by atoms with Gasteiger partial charge in [0.2, 0.25) is 0 Å². The van der Waals surface area contributed by atoms with Crippen molar-refractivity contribution < 1.29 is 4.74 Å². The van der Waals surface area contributed by atoms with E-state index in [1.54, 1.807) is 6.20 Å². The summed E-state index contributed by atoms with van der Waals surface area (Å²) in [5.41, 5.74) is 9.40. The monoisotopic (exact) mass is 304 g/mol. The van der Waals surface area contributed by atoms with E-state index in [4.69, 9.17) is 10.5 Å². The summed E-state index contributed by atoms with van der Waals surface area (Å²) in [5.74, 6) is 0.859. The van der Waals surface area contributed by atoms with E-state index in [2.05, 4.69) is 29.2 Å². The first-order chi connectivity index (χ1) is 11.3. The van der Waals surface area contributed by atoms with E-state index in [1.807, 2.05) is 48.5 Å². The molecule has 0 aliphatic rings. The Morgan fingerprint density at radius 3 is 2.22 bits per heavy atom. The van der Waals surface area contributed by atoms with Crippen LogP contribution in [-0.4, -0.2) is 11.6 Å². The van der Waals surface area contributed by atoms with Crippen LogP contribution in [0.1, 0.15) is 18.2 Å². The van der Waals surface area contributed by atoms with Gasteiger partial charge in [-0.3, -0.25) is 4.98 Å². The fourth-order valence-electron chi connectivity index (χ4n) is 2.42. The molecule has 23 heavy (non-hydrogen) atoms. The van der Waals surface area contributed by atoms with E-state index in [0.717, 1.165) is 17.9 Å². The van der Waals surface area contributed by atoms with Crippen LogP contribution in [0.15, 0.2) is 79.0 Å². The van der Waals surface area contributed by atoms with E-state index in [1.165, 1.54) is 11.1 Å². The second-order valence-electron chi connectivity index (χ2n) is 5.39. The number of aromatic nitrogens is 1. The molecule has 1 unspecified atom stereocenters. The molecule has 0 aliphatic heterocycles. The molecular weight excluding hydrogens is 284 g/mol. The normalized spacial score (nSPS) is 11.9. The van der Waals surface area contributed by atoms with Crippen molar-refractivity contribution in [3.63, 3.8) is 0 Å². The molecular formula is C20H20N2O. The van der Waals surface area contributed by atoms with Gasteiger partial charge in [-0.05, 0) is 35.4 Å². The molecule has 3 rings (SSSR count). The molecule has 3 heteroatoms. The smallest absolute Gasteiger partial charge is 0.119 e. The molecule has 2 N–H and O–H groups in total. The van der Waals surface area contributed by atoms with Crippen molar-refractivity contribution in [2.24, 2.45) is 5.73 Å². The van der Waals surface area contributed by atoms with E-state index in [-0.39, 0.29) is 6.04 Å². The Morgan fingerprint density at radius 2 is 1.52 bits per heavy atom. The topological polar surface area (TPSA) is 48.1 Å². The largest absolute Gasteiger partial charge is 0.494 e. The number of benzene rings is 2. The summed E-state index contributed by atoms with van der Waals surface area (Å²) >= 11 is 0. The van der Waals surface area contributed by atoms with Crippen molar-refractivity contribution in [1.82, 2.24) is 4.98 Å². The van der Waals surface area contributed by atoms with Gasteiger partial charge in [-0.1, -0.05) is 48.5 Å². The Bertz CT molecular complexity index is 712. The second-order valence-corrected chi connectivity index (χ2v) is 5.39. The third-order valence-electron chi connectivity index (χ3n) is 3.73. The molecule has 0 saturated heterocycles. The van der Waals surface area contributed by atoms with Gasteiger partial charge in [0.15, 0.2) is 0 Å². The molecule has 1 atom stereocenters. The third kappa shape index (κ3) is 4.18. The number of nitrogens with zero attached hydrogens (tertiary/aromatic N) is 1. The molecule has 2 aromatic carbocycles. The van der Waals surface area contributed by atoms with Gasteiger partial charge in [0.25, 0.3) is 0 Å². The Labute approximate surface area is 136 Å². The van der Waals surface area contributed by atoms with Crippen LogP contribution in [0, 0.1) is 0 Å². The first-order valence-electron chi connectivity index (χ1n) is 7.78. The Kier molecular flexibility index (Phi) is 5.02. The maximum Gasteiger partial charge on any atom is 0.119 e. The van der Waals surface area contributed by atoms with Crippen LogP contribution < -0.4 is 10.5 Å². The molecule has 0 amide bonds. The van der Waals surface area contributed by atoms with Crippen molar-refractivity contribution in [3.05, 3.63) is 84.7 Å². The number of ether oxygens (including phenoxy) is 1. The van der Waals surface area contributed by atoms with Crippen molar-refractivity contribution in [3.8, 4) is 16.9 Å². The third-order valence-corrected chi connectivity index (χ3v) is 3.73. The fourth-order valence-corrected chi connectivity index (χ4v) is 2.42. The predicted octanol–water partition coefficient (Wildman–Crippen LogP) is 4.22. The van der Waals surface area contributed by atoms with E-state index >= 15 is 0 Å². The summed E-state index contributed by atoms with van der Waals surface area (Å²) < 4.78 is 5.78. The van der Waals surface area contributed by atoms with Gasteiger partial charge >= 0.3 is 0 Å². The van der Waals surface area contributed by atoms with E-state index in [0.29, 0.717) is 6.61 Å². The Morgan fingerprint density at radius 1 is 0.826 bits per heavy atom. The lowest BCUT2D eigenvalue weighted by atomic mass is 10.1. The highest BCUT2D eigenvalue weighted by atomic mass is 16.5. The molecule has 116 valence electrons. The number of hydrogen-bond acceptors (Lipinski definition) is 3. The molecule has 0 bridgehead atoms. The average Bonchev–Trinajstić information content (AvgIpc) is 2.64. The van der Waals surface area contributed by atoms with Gasteiger partial charge in [-0.25, -0.2) is 0 Å². The molecule has 0 aliphatic carbocycles. The van der Waals surface area contributed by atoms with Gasteiger partial charge in [0, 0.05) is 12.6 Å². The summed E-state index contributed by atoms with van der Waals surface area (Å²) in [5, 5.41) is 0. The Hall–Kier alpha value is -2.65. The Balaban J connectivity index is 1.53. The molecule has 3 nitrogen and oxygen atoms in total. The molecule has 0 radical (unpaired) electrons. The average molecular weight is 304 g/mol. The minimum atomic E-state index is -0.0974.